The molecule has 1 aromatic carbocycles. The second-order valence-electron chi connectivity index (χ2n) is 5.45. The van der Waals surface area contributed by atoms with E-state index in [2.05, 4.69) is 65.9 Å². The van der Waals surface area contributed by atoms with E-state index in [1.54, 1.807) is 0 Å². The molecule has 0 bridgehead atoms. The highest BCUT2D eigenvalue weighted by Gasteiger charge is 2.09. The Morgan fingerprint density at radius 2 is 1.90 bits per heavy atom. The van der Waals surface area contributed by atoms with Gasteiger partial charge in [0, 0.05) is 12.6 Å². The van der Waals surface area contributed by atoms with Crippen molar-refractivity contribution < 1.29 is 0 Å². The van der Waals surface area contributed by atoms with E-state index in [1.807, 2.05) is 10.7 Å². The van der Waals surface area contributed by atoms with Crippen LogP contribution >= 0.6 is 0 Å². The predicted octanol–water partition coefficient (Wildman–Crippen LogP) is 2.36. The Kier molecular flexibility index (Phi) is 5.24. The van der Waals surface area contributed by atoms with E-state index >= 15 is 0 Å². The first-order chi connectivity index (χ1) is 9.66. The summed E-state index contributed by atoms with van der Waals surface area (Å²) in [4.78, 5) is 0. The molecule has 0 saturated heterocycles. The smallest absolute Gasteiger partial charge is 0.165 e. The minimum Gasteiger partial charge on any atom is -0.308 e. The van der Waals surface area contributed by atoms with Crippen molar-refractivity contribution in [3.63, 3.8) is 0 Å². The van der Waals surface area contributed by atoms with E-state index in [4.69, 9.17) is 0 Å². The van der Waals surface area contributed by atoms with Gasteiger partial charge in [-0.3, -0.25) is 0 Å². The first-order valence-electron chi connectivity index (χ1n) is 7.20. The fourth-order valence-electron chi connectivity index (χ4n) is 2.08. The van der Waals surface area contributed by atoms with E-state index in [1.165, 1.54) is 5.56 Å². The lowest BCUT2D eigenvalue weighted by atomic mass is 9.98. The largest absolute Gasteiger partial charge is 0.308 e. The number of aryl methyl sites for hydroxylation is 1. The third kappa shape index (κ3) is 4.13. The van der Waals surface area contributed by atoms with Crippen molar-refractivity contribution in [2.24, 2.45) is 0 Å². The van der Waals surface area contributed by atoms with Gasteiger partial charge >= 0.3 is 0 Å². The molecule has 0 aliphatic carbocycles. The highest BCUT2D eigenvalue weighted by molar-refractivity contribution is 5.18. The first-order valence-corrected chi connectivity index (χ1v) is 7.20. The maximum atomic E-state index is 4.08. The van der Waals surface area contributed by atoms with Crippen LogP contribution in [0.15, 0.2) is 30.3 Å². The molecule has 0 spiro atoms. The Morgan fingerprint density at radius 1 is 1.15 bits per heavy atom. The fourth-order valence-corrected chi connectivity index (χ4v) is 2.08. The Bertz CT molecular complexity index is 506. The summed E-state index contributed by atoms with van der Waals surface area (Å²) in [6, 6.07) is 11.0. The summed E-state index contributed by atoms with van der Waals surface area (Å²) >= 11 is 0. The van der Waals surface area contributed by atoms with Gasteiger partial charge in [-0.15, -0.1) is 5.10 Å². The van der Waals surface area contributed by atoms with Crippen LogP contribution in [0.4, 0.5) is 0 Å². The van der Waals surface area contributed by atoms with Gasteiger partial charge < -0.3 is 5.32 Å². The summed E-state index contributed by atoms with van der Waals surface area (Å²) in [6.07, 6.45) is 1.03. The number of hydrogen-bond donors (Lipinski definition) is 1. The van der Waals surface area contributed by atoms with Crippen LogP contribution in [-0.2, 0) is 13.1 Å². The lowest BCUT2D eigenvalue weighted by Gasteiger charge is -2.13. The number of benzene rings is 1. The van der Waals surface area contributed by atoms with Gasteiger partial charge in [-0.25, -0.2) is 4.68 Å². The number of nitrogens with one attached hydrogen (secondary N) is 1. The van der Waals surface area contributed by atoms with E-state index in [9.17, 15) is 0 Å². The van der Waals surface area contributed by atoms with Crippen LogP contribution in [0.1, 0.15) is 44.5 Å². The van der Waals surface area contributed by atoms with E-state index in [0.717, 1.165) is 18.8 Å². The first kappa shape index (κ1) is 14.7. The van der Waals surface area contributed by atoms with Crippen LogP contribution in [0.25, 0.3) is 0 Å². The van der Waals surface area contributed by atoms with Gasteiger partial charge in [0.25, 0.3) is 0 Å². The van der Waals surface area contributed by atoms with E-state index < -0.39 is 0 Å². The molecule has 0 aliphatic heterocycles. The molecule has 0 aliphatic rings. The molecule has 1 atom stereocenters. The summed E-state index contributed by atoms with van der Waals surface area (Å²) < 4.78 is 1.90. The normalized spacial score (nSPS) is 12.8. The summed E-state index contributed by atoms with van der Waals surface area (Å²) in [5.74, 6) is 1.41. The topological polar surface area (TPSA) is 55.6 Å². The zero-order chi connectivity index (χ0) is 14.4. The van der Waals surface area contributed by atoms with Crippen molar-refractivity contribution in [1.29, 1.82) is 0 Å². The van der Waals surface area contributed by atoms with Crippen LogP contribution in [0.3, 0.4) is 0 Å². The molecular weight excluding hydrogens is 250 g/mol. The van der Waals surface area contributed by atoms with E-state index in [-0.39, 0.29) is 0 Å². The van der Waals surface area contributed by atoms with Crippen molar-refractivity contribution >= 4 is 0 Å². The zero-order valence-electron chi connectivity index (χ0n) is 12.5. The molecule has 5 heteroatoms. The second-order valence-corrected chi connectivity index (χ2v) is 5.45. The van der Waals surface area contributed by atoms with Crippen LogP contribution in [-0.4, -0.2) is 26.2 Å². The van der Waals surface area contributed by atoms with Gasteiger partial charge in [0.15, 0.2) is 5.82 Å². The minimum atomic E-state index is 0.434. The molecule has 0 radical (unpaired) electrons. The molecule has 20 heavy (non-hydrogen) atoms. The predicted molar refractivity (Wildman–Crippen MR) is 79.3 cm³/mol. The van der Waals surface area contributed by atoms with Crippen LogP contribution in [0.2, 0.25) is 0 Å². The van der Waals surface area contributed by atoms with Crippen molar-refractivity contribution in [3.8, 4) is 0 Å². The number of hydrogen-bond acceptors (Lipinski definition) is 4. The number of rotatable bonds is 7. The standard InChI is InChI=1S/C15H23N5/c1-12(2)16-11-15-17-18-19-20(15)10-9-13(3)14-7-5-4-6-8-14/h4-8,12-13,16H,9-11H2,1-3H3. The maximum absolute atomic E-state index is 4.08. The lowest BCUT2D eigenvalue weighted by Crippen LogP contribution is -2.24. The van der Waals surface area contributed by atoms with Crippen LogP contribution < -0.4 is 5.32 Å². The highest BCUT2D eigenvalue weighted by atomic mass is 15.5. The van der Waals surface area contributed by atoms with Crippen molar-refractivity contribution in [2.75, 3.05) is 0 Å². The molecule has 1 N–H and O–H groups in total. The summed E-state index contributed by atoms with van der Waals surface area (Å²) in [6.45, 7) is 8.03. The SMILES string of the molecule is CC(C)NCc1nnnn1CCC(C)c1ccccc1. The van der Waals surface area contributed by atoms with Gasteiger partial charge in [-0.05, 0) is 28.3 Å². The Balaban J connectivity index is 1.89. The second kappa shape index (κ2) is 7.14. The molecule has 1 unspecified atom stereocenters. The quantitative estimate of drug-likeness (QED) is 0.841. The molecule has 2 aromatic rings. The Morgan fingerprint density at radius 3 is 2.60 bits per heavy atom. The van der Waals surface area contributed by atoms with Crippen molar-refractivity contribution in [2.45, 2.75) is 52.2 Å². The van der Waals surface area contributed by atoms with Gasteiger partial charge in [0.1, 0.15) is 0 Å². The van der Waals surface area contributed by atoms with Crippen LogP contribution in [0.5, 0.6) is 0 Å². The fraction of sp³-hybridized carbons (Fsp3) is 0.533. The highest BCUT2D eigenvalue weighted by Crippen LogP contribution is 2.19. The lowest BCUT2D eigenvalue weighted by molar-refractivity contribution is 0.483. The van der Waals surface area contributed by atoms with E-state index in [0.29, 0.717) is 18.5 Å². The molecular formula is C15H23N5. The van der Waals surface area contributed by atoms with Gasteiger partial charge in [0.2, 0.25) is 0 Å². The molecule has 1 heterocycles. The van der Waals surface area contributed by atoms with Gasteiger partial charge in [-0.2, -0.15) is 0 Å². The summed E-state index contributed by atoms with van der Waals surface area (Å²) in [7, 11) is 0. The van der Waals surface area contributed by atoms with Crippen molar-refractivity contribution in [3.05, 3.63) is 41.7 Å². The number of nitrogens with zero attached hydrogens (tertiary/aromatic N) is 4. The van der Waals surface area contributed by atoms with Gasteiger partial charge in [-0.1, -0.05) is 51.1 Å². The molecule has 0 amide bonds. The Hall–Kier alpha value is -1.75. The summed E-state index contributed by atoms with van der Waals surface area (Å²) in [5.41, 5.74) is 1.36. The average molecular weight is 273 g/mol. The molecule has 5 nitrogen and oxygen atoms in total. The average Bonchev–Trinajstić information content (AvgIpc) is 2.91. The molecule has 2 rings (SSSR count). The Labute approximate surface area is 120 Å². The zero-order valence-corrected chi connectivity index (χ0v) is 12.5. The molecule has 1 aromatic heterocycles. The number of aromatic nitrogens is 4. The van der Waals surface area contributed by atoms with Crippen LogP contribution in [0, 0.1) is 0 Å². The monoisotopic (exact) mass is 273 g/mol. The molecule has 0 fully saturated rings. The third-order valence-electron chi connectivity index (χ3n) is 3.42. The molecule has 0 saturated carbocycles. The van der Waals surface area contributed by atoms with Crippen molar-refractivity contribution in [1.82, 2.24) is 25.5 Å². The van der Waals surface area contributed by atoms with Gasteiger partial charge in [0.05, 0.1) is 6.54 Å². The third-order valence-corrected chi connectivity index (χ3v) is 3.42. The molecule has 108 valence electrons. The summed E-state index contributed by atoms with van der Waals surface area (Å²) in [5, 5.41) is 15.3. The minimum absolute atomic E-state index is 0.434. The maximum Gasteiger partial charge on any atom is 0.165 e. The number of tetrazole rings is 1.